The quantitative estimate of drug-likeness (QED) is 0.795. The molecule has 1 atom stereocenters. The van der Waals surface area contributed by atoms with Gasteiger partial charge in [0.1, 0.15) is 5.82 Å². The van der Waals surface area contributed by atoms with E-state index in [2.05, 4.69) is 5.10 Å². The molecular weight excluding hydrogens is 265 g/mol. The molecule has 0 saturated heterocycles. The third kappa shape index (κ3) is 2.71. The lowest BCUT2D eigenvalue weighted by atomic mass is 10.1. The van der Waals surface area contributed by atoms with Gasteiger partial charge in [-0.2, -0.15) is 5.10 Å². The van der Waals surface area contributed by atoms with E-state index in [1.54, 1.807) is 16.9 Å². The maximum Gasteiger partial charge on any atom is 0.123 e. The van der Waals surface area contributed by atoms with Crippen molar-refractivity contribution in [3.05, 3.63) is 72.3 Å². The largest absolute Gasteiger partial charge is 0.324 e. The van der Waals surface area contributed by atoms with Gasteiger partial charge < -0.3 is 5.73 Å². The van der Waals surface area contributed by atoms with Crippen LogP contribution in [0.25, 0.3) is 16.8 Å². The molecule has 21 heavy (non-hydrogen) atoms. The Morgan fingerprint density at radius 3 is 2.57 bits per heavy atom. The minimum atomic E-state index is -0.290. The molecule has 3 nitrogen and oxygen atoms in total. The van der Waals surface area contributed by atoms with Gasteiger partial charge in [-0.05, 0) is 36.2 Å². The molecule has 0 aliphatic carbocycles. The zero-order valence-electron chi connectivity index (χ0n) is 11.7. The van der Waals surface area contributed by atoms with Crippen LogP contribution in [0.2, 0.25) is 0 Å². The summed E-state index contributed by atoms with van der Waals surface area (Å²) >= 11 is 0. The van der Waals surface area contributed by atoms with E-state index in [1.807, 2.05) is 43.5 Å². The zero-order chi connectivity index (χ0) is 14.8. The van der Waals surface area contributed by atoms with Crippen LogP contribution < -0.4 is 5.73 Å². The maximum atomic E-state index is 13.4. The van der Waals surface area contributed by atoms with Crippen LogP contribution in [0.1, 0.15) is 18.5 Å². The minimum absolute atomic E-state index is 0.264. The maximum absolute atomic E-state index is 13.4. The molecule has 4 heteroatoms. The van der Waals surface area contributed by atoms with E-state index in [-0.39, 0.29) is 11.9 Å². The third-order valence-electron chi connectivity index (χ3n) is 3.42. The van der Waals surface area contributed by atoms with Crippen molar-refractivity contribution in [3.63, 3.8) is 0 Å². The Kier molecular flexibility index (Phi) is 3.54. The molecule has 1 unspecified atom stereocenters. The monoisotopic (exact) mass is 281 g/mol. The first-order valence-electron chi connectivity index (χ1n) is 6.80. The highest BCUT2D eigenvalue weighted by atomic mass is 19.1. The Morgan fingerprint density at radius 1 is 1.10 bits per heavy atom. The second kappa shape index (κ2) is 5.50. The summed E-state index contributed by atoms with van der Waals surface area (Å²) in [6.45, 7) is 1.83. The molecule has 106 valence electrons. The van der Waals surface area contributed by atoms with E-state index in [0.717, 1.165) is 22.4 Å². The predicted molar refractivity (Wildman–Crippen MR) is 81.6 cm³/mol. The third-order valence-corrected chi connectivity index (χ3v) is 3.42. The van der Waals surface area contributed by atoms with Gasteiger partial charge in [-0.25, -0.2) is 9.07 Å². The van der Waals surface area contributed by atoms with E-state index in [4.69, 9.17) is 5.73 Å². The molecule has 2 aromatic carbocycles. The number of nitrogens with two attached hydrogens (primary N) is 1. The molecule has 0 spiro atoms. The van der Waals surface area contributed by atoms with Crippen LogP contribution in [0.3, 0.4) is 0 Å². The molecule has 1 heterocycles. The van der Waals surface area contributed by atoms with Crippen LogP contribution in [0.15, 0.2) is 60.9 Å². The van der Waals surface area contributed by atoms with Crippen LogP contribution in [-0.2, 0) is 0 Å². The number of halogens is 1. The van der Waals surface area contributed by atoms with E-state index in [1.165, 1.54) is 12.1 Å². The number of hydrogen-bond donors (Lipinski definition) is 1. The Balaban J connectivity index is 2.05. The number of rotatable bonds is 3. The average Bonchev–Trinajstić information content (AvgIpc) is 2.97. The number of aromatic nitrogens is 2. The van der Waals surface area contributed by atoms with Gasteiger partial charge in [-0.15, -0.1) is 0 Å². The fourth-order valence-corrected chi connectivity index (χ4v) is 2.33. The standard InChI is InChI=1S/C17H16FN3/c1-12(19)16-9-15(18)7-8-17(16)21-11-14(10-20-21)13-5-3-2-4-6-13/h2-12H,19H2,1H3. The molecule has 1 aromatic heterocycles. The van der Waals surface area contributed by atoms with Gasteiger partial charge in [0.2, 0.25) is 0 Å². The molecule has 0 fully saturated rings. The van der Waals surface area contributed by atoms with Gasteiger partial charge in [0.25, 0.3) is 0 Å². The van der Waals surface area contributed by atoms with E-state index in [0.29, 0.717) is 0 Å². The van der Waals surface area contributed by atoms with Crippen molar-refractivity contribution in [3.8, 4) is 16.8 Å². The summed E-state index contributed by atoms with van der Waals surface area (Å²) in [4.78, 5) is 0. The molecule has 0 radical (unpaired) electrons. The first-order chi connectivity index (χ1) is 10.1. The van der Waals surface area contributed by atoms with Crippen LogP contribution in [0.4, 0.5) is 4.39 Å². The van der Waals surface area contributed by atoms with Gasteiger partial charge in [-0.3, -0.25) is 0 Å². The van der Waals surface area contributed by atoms with Crippen molar-refractivity contribution in [1.82, 2.24) is 9.78 Å². The molecule has 2 N–H and O–H groups in total. The van der Waals surface area contributed by atoms with Crippen LogP contribution in [-0.4, -0.2) is 9.78 Å². The summed E-state index contributed by atoms with van der Waals surface area (Å²) in [5.41, 5.74) is 9.57. The molecule has 0 aliphatic heterocycles. The molecule has 3 rings (SSSR count). The number of nitrogens with zero attached hydrogens (tertiary/aromatic N) is 2. The van der Waals surface area contributed by atoms with Crippen molar-refractivity contribution >= 4 is 0 Å². The van der Waals surface area contributed by atoms with Crippen molar-refractivity contribution < 1.29 is 4.39 Å². The lowest BCUT2D eigenvalue weighted by Gasteiger charge is -2.12. The first kappa shape index (κ1) is 13.5. The summed E-state index contributed by atoms with van der Waals surface area (Å²) in [5, 5.41) is 4.37. The molecule has 0 amide bonds. The van der Waals surface area contributed by atoms with E-state index < -0.39 is 0 Å². The van der Waals surface area contributed by atoms with Crippen molar-refractivity contribution in [2.24, 2.45) is 5.73 Å². The van der Waals surface area contributed by atoms with Gasteiger partial charge in [0.05, 0.1) is 11.9 Å². The second-order valence-electron chi connectivity index (χ2n) is 5.03. The van der Waals surface area contributed by atoms with Crippen molar-refractivity contribution in [2.45, 2.75) is 13.0 Å². The normalized spacial score (nSPS) is 12.3. The average molecular weight is 281 g/mol. The molecule has 3 aromatic rings. The molecular formula is C17H16FN3. The SMILES string of the molecule is CC(N)c1cc(F)ccc1-n1cc(-c2ccccc2)cn1. The van der Waals surface area contributed by atoms with Gasteiger partial charge in [0, 0.05) is 17.8 Å². The first-order valence-corrected chi connectivity index (χ1v) is 6.80. The minimum Gasteiger partial charge on any atom is -0.324 e. The highest BCUT2D eigenvalue weighted by Gasteiger charge is 2.11. The Bertz CT molecular complexity index is 748. The zero-order valence-corrected chi connectivity index (χ0v) is 11.7. The Morgan fingerprint density at radius 2 is 1.86 bits per heavy atom. The van der Waals surface area contributed by atoms with Gasteiger partial charge >= 0.3 is 0 Å². The fraction of sp³-hybridized carbons (Fsp3) is 0.118. The molecule has 0 saturated carbocycles. The Labute approximate surface area is 122 Å². The summed E-state index contributed by atoms with van der Waals surface area (Å²) in [6.07, 6.45) is 3.72. The number of benzene rings is 2. The predicted octanol–water partition coefficient (Wildman–Crippen LogP) is 3.70. The smallest absolute Gasteiger partial charge is 0.123 e. The summed E-state index contributed by atoms with van der Waals surface area (Å²) in [6, 6.07) is 14.3. The summed E-state index contributed by atoms with van der Waals surface area (Å²) in [7, 11) is 0. The lowest BCUT2D eigenvalue weighted by molar-refractivity contribution is 0.620. The Hall–Kier alpha value is -2.46. The van der Waals surface area contributed by atoms with Crippen molar-refractivity contribution in [1.29, 1.82) is 0 Å². The second-order valence-corrected chi connectivity index (χ2v) is 5.03. The lowest BCUT2D eigenvalue weighted by Crippen LogP contribution is -2.10. The van der Waals surface area contributed by atoms with E-state index >= 15 is 0 Å². The summed E-state index contributed by atoms with van der Waals surface area (Å²) < 4.78 is 15.1. The highest BCUT2D eigenvalue weighted by Crippen LogP contribution is 2.24. The molecule has 0 bridgehead atoms. The van der Waals surface area contributed by atoms with Crippen LogP contribution in [0.5, 0.6) is 0 Å². The van der Waals surface area contributed by atoms with Crippen molar-refractivity contribution in [2.75, 3.05) is 0 Å². The van der Waals surface area contributed by atoms with Crippen LogP contribution in [0, 0.1) is 5.82 Å². The van der Waals surface area contributed by atoms with Gasteiger partial charge in [-0.1, -0.05) is 30.3 Å². The van der Waals surface area contributed by atoms with E-state index in [9.17, 15) is 4.39 Å². The molecule has 0 aliphatic rings. The topological polar surface area (TPSA) is 43.8 Å². The number of hydrogen-bond acceptors (Lipinski definition) is 2. The fourth-order valence-electron chi connectivity index (χ4n) is 2.33. The summed E-state index contributed by atoms with van der Waals surface area (Å²) in [5.74, 6) is -0.290. The van der Waals surface area contributed by atoms with Gasteiger partial charge in [0.15, 0.2) is 0 Å². The van der Waals surface area contributed by atoms with Crippen LogP contribution >= 0.6 is 0 Å². The highest BCUT2D eigenvalue weighted by molar-refractivity contribution is 5.62.